The molecule has 0 saturated carbocycles. The van der Waals surface area contributed by atoms with Gasteiger partial charge in [-0.3, -0.25) is 9.58 Å². The molecule has 2 heterocycles. The van der Waals surface area contributed by atoms with Crippen molar-refractivity contribution in [1.82, 2.24) is 14.7 Å². The van der Waals surface area contributed by atoms with E-state index in [9.17, 15) is 13.5 Å². The van der Waals surface area contributed by atoms with Crippen LogP contribution in [0.4, 0.5) is 0 Å². The highest BCUT2D eigenvalue weighted by molar-refractivity contribution is 7.90. The highest BCUT2D eigenvalue weighted by Gasteiger charge is 2.23. The smallest absolute Gasteiger partial charge is 0.150 e. The Morgan fingerprint density at radius 2 is 2.00 bits per heavy atom. The van der Waals surface area contributed by atoms with Gasteiger partial charge in [-0.05, 0) is 30.7 Å². The predicted molar refractivity (Wildman–Crippen MR) is 98.6 cm³/mol. The second kappa shape index (κ2) is 7.77. The van der Waals surface area contributed by atoms with Crippen LogP contribution in [0, 0.1) is 0 Å². The van der Waals surface area contributed by atoms with Crippen molar-refractivity contribution in [2.75, 3.05) is 25.2 Å². The third-order valence-corrected chi connectivity index (χ3v) is 5.26. The number of aliphatic hydroxyl groups excluding tert-OH is 1. The first-order chi connectivity index (χ1) is 12.3. The van der Waals surface area contributed by atoms with Crippen molar-refractivity contribution in [3.05, 3.63) is 47.3 Å². The Hall–Kier alpha value is -1.90. The molecule has 1 aromatic heterocycles. The molecule has 1 aliphatic heterocycles. The lowest BCUT2D eigenvalue weighted by Gasteiger charge is -2.27. The zero-order chi connectivity index (χ0) is 18.7. The van der Waals surface area contributed by atoms with E-state index in [1.165, 1.54) is 5.56 Å². The summed E-state index contributed by atoms with van der Waals surface area (Å²) in [5.41, 5.74) is 2.62. The number of ether oxygens (including phenoxy) is 1. The number of hydrogen-bond donors (Lipinski definition) is 1. The van der Waals surface area contributed by atoms with Crippen LogP contribution in [-0.4, -0.2) is 53.4 Å². The van der Waals surface area contributed by atoms with Gasteiger partial charge in [0.15, 0.2) is 0 Å². The molecule has 2 aromatic rings. The topological polar surface area (TPSA) is 84.7 Å². The molecule has 26 heavy (non-hydrogen) atoms. The summed E-state index contributed by atoms with van der Waals surface area (Å²) in [5, 5.41) is 14.5. The van der Waals surface area contributed by atoms with Gasteiger partial charge in [-0.25, -0.2) is 8.42 Å². The maximum absolute atomic E-state index is 11.4. The number of rotatable bonds is 7. The molecule has 1 N–H and O–H groups in total. The van der Waals surface area contributed by atoms with Crippen LogP contribution in [0.1, 0.15) is 30.0 Å². The fraction of sp³-hybridized carbons (Fsp3) is 0.500. The van der Waals surface area contributed by atoms with E-state index in [1.54, 1.807) is 6.07 Å². The van der Waals surface area contributed by atoms with E-state index in [0.29, 0.717) is 18.8 Å². The number of benzene rings is 1. The van der Waals surface area contributed by atoms with Gasteiger partial charge in [0.1, 0.15) is 21.7 Å². The van der Waals surface area contributed by atoms with Gasteiger partial charge in [0.05, 0.1) is 30.3 Å². The van der Waals surface area contributed by atoms with Crippen LogP contribution in [0.3, 0.4) is 0 Å². The average Bonchev–Trinajstić information content (AvgIpc) is 2.99. The van der Waals surface area contributed by atoms with Crippen molar-refractivity contribution < 1.29 is 18.3 Å². The van der Waals surface area contributed by atoms with Crippen LogP contribution < -0.4 is 4.74 Å². The minimum absolute atomic E-state index is 0.306. The van der Waals surface area contributed by atoms with E-state index in [2.05, 4.69) is 22.1 Å². The highest BCUT2D eigenvalue weighted by Crippen LogP contribution is 2.21. The van der Waals surface area contributed by atoms with Crippen LogP contribution >= 0.6 is 0 Å². The van der Waals surface area contributed by atoms with E-state index < -0.39 is 15.9 Å². The molecule has 0 aliphatic carbocycles. The number of aromatic nitrogens is 2. The van der Waals surface area contributed by atoms with Crippen molar-refractivity contribution in [1.29, 1.82) is 0 Å². The van der Waals surface area contributed by atoms with Crippen LogP contribution in [-0.2, 0) is 29.5 Å². The molecule has 0 bridgehead atoms. The maximum atomic E-state index is 11.4. The Bertz CT molecular complexity index is 846. The standard InChI is InChI=1S/C18H25N3O4S/c1-3-25-16-6-4-14(5-7-16)11-20-8-9-21-15(12-20)10-17(19-21)18(22)13-26(2,23)24/h4-7,10,18,22H,3,8-9,11-13H2,1-2H3/t18-/m0/s1. The zero-order valence-electron chi connectivity index (χ0n) is 15.1. The van der Waals surface area contributed by atoms with Crippen molar-refractivity contribution >= 4 is 9.84 Å². The number of aliphatic hydroxyl groups is 1. The summed E-state index contributed by atoms with van der Waals surface area (Å²) in [5.74, 6) is 0.566. The van der Waals surface area contributed by atoms with Crippen molar-refractivity contribution in [2.24, 2.45) is 0 Å². The summed E-state index contributed by atoms with van der Waals surface area (Å²) in [6.07, 6.45) is 0.0350. The van der Waals surface area contributed by atoms with Crippen molar-refractivity contribution in [3.8, 4) is 5.75 Å². The normalized spacial score (nSPS) is 16.3. The molecule has 1 aromatic carbocycles. The summed E-state index contributed by atoms with van der Waals surface area (Å²) in [6, 6.07) is 9.90. The Labute approximate surface area is 154 Å². The van der Waals surface area contributed by atoms with Crippen LogP contribution in [0.2, 0.25) is 0 Å². The van der Waals surface area contributed by atoms with E-state index in [1.807, 2.05) is 23.7 Å². The van der Waals surface area contributed by atoms with Crippen molar-refractivity contribution in [3.63, 3.8) is 0 Å². The Balaban J connectivity index is 1.64. The second-order valence-electron chi connectivity index (χ2n) is 6.68. The van der Waals surface area contributed by atoms with Gasteiger partial charge >= 0.3 is 0 Å². The quantitative estimate of drug-likeness (QED) is 0.782. The third-order valence-electron chi connectivity index (χ3n) is 4.34. The number of fused-ring (bicyclic) bond motifs is 1. The molecule has 0 radical (unpaired) electrons. The minimum Gasteiger partial charge on any atom is -0.494 e. The van der Waals surface area contributed by atoms with Crippen LogP contribution in [0.25, 0.3) is 0 Å². The summed E-state index contributed by atoms with van der Waals surface area (Å²) >= 11 is 0. The maximum Gasteiger partial charge on any atom is 0.150 e. The Morgan fingerprint density at radius 3 is 2.65 bits per heavy atom. The third kappa shape index (κ3) is 4.84. The minimum atomic E-state index is -3.25. The van der Waals surface area contributed by atoms with Gasteiger partial charge in [0.2, 0.25) is 0 Å². The number of nitrogens with zero attached hydrogens (tertiary/aromatic N) is 3. The average molecular weight is 379 g/mol. The van der Waals surface area contributed by atoms with Gasteiger partial charge in [-0.15, -0.1) is 0 Å². The SMILES string of the molecule is CCOc1ccc(CN2CCn3nc([C@@H](O)CS(C)(=O)=O)cc3C2)cc1. The monoisotopic (exact) mass is 379 g/mol. The summed E-state index contributed by atoms with van der Waals surface area (Å²) in [7, 11) is -3.25. The molecule has 0 amide bonds. The van der Waals surface area contributed by atoms with Crippen LogP contribution in [0.15, 0.2) is 30.3 Å². The summed E-state index contributed by atoms with van der Waals surface area (Å²) in [6.45, 7) is 5.72. The Kier molecular flexibility index (Phi) is 5.64. The molecule has 7 nitrogen and oxygen atoms in total. The molecule has 1 atom stereocenters. The molecular formula is C18H25N3O4S. The molecule has 1 aliphatic rings. The molecule has 3 rings (SSSR count). The Morgan fingerprint density at radius 1 is 1.27 bits per heavy atom. The second-order valence-corrected chi connectivity index (χ2v) is 8.86. The summed E-state index contributed by atoms with van der Waals surface area (Å²) < 4.78 is 30.1. The summed E-state index contributed by atoms with van der Waals surface area (Å²) in [4.78, 5) is 2.30. The van der Waals surface area contributed by atoms with E-state index in [-0.39, 0.29) is 5.75 Å². The lowest BCUT2D eigenvalue weighted by molar-refractivity contribution is 0.191. The first-order valence-corrected chi connectivity index (χ1v) is 10.8. The molecule has 0 unspecified atom stereocenters. The first-order valence-electron chi connectivity index (χ1n) is 8.70. The molecular weight excluding hydrogens is 354 g/mol. The molecule has 0 fully saturated rings. The van der Waals surface area contributed by atoms with E-state index >= 15 is 0 Å². The highest BCUT2D eigenvalue weighted by atomic mass is 32.2. The van der Waals surface area contributed by atoms with E-state index in [4.69, 9.17) is 4.74 Å². The fourth-order valence-electron chi connectivity index (χ4n) is 3.13. The largest absolute Gasteiger partial charge is 0.494 e. The lowest BCUT2D eigenvalue weighted by Crippen LogP contribution is -2.33. The van der Waals surface area contributed by atoms with Gasteiger partial charge < -0.3 is 9.84 Å². The van der Waals surface area contributed by atoms with Gasteiger partial charge in [-0.1, -0.05) is 12.1 Å². The lowest BCUT2D eigenvalue weighted by atomic mass is 10.2. The molecule has 0 saturated heterocycles. The van der Waals surface area contributed by atoms with E-state index in [0.717, 1.165) is 37.3 Å². The number of sulfone groups is 1. The van der Waals surface area contributed by atoms with Gasteiger partial charge in [0, 0.05) is 25.9 Å². The fourth-order valence-corrected chi connectivity index (χ4v) is 3.87. The van der Waals surface area contributed by atoms with Gasteiger partial charge in [-0.2, -0.15) is 5.10 Å². The van der Waals surface area contributed by atoms with Crippen molar-refractivity contribution in [2.45, 2.75) is 32.7 Å². The molecule has 142 valence electrons. The van der Waals surface area contributed by atoms with Crippen LogP contribution in [0.5, 0.6) is 5.75 Å². The predicted octanol–water partition coefficient (Wildman–Crippen LogP) is 1.38. The van der Waals surface area contributed by atoms with Gasteiger partial charge in [0.25, 0.3) is 0 Å². The molecule has 0 spiro atoms. The number of hydrogen-bond acceptors (Lipinski definition) is 6. The molecule has 8 heteroatoms. The first kappa shape index (κ1) is 18.9. The zero-order valence-corrected chi connectivity index (χ0v) is 15.9.